The maximum atomic E-state index is 12.4. The van der Waals surface area contributed by atoms with Gasteiger partial charge in [-0.2, -0.15) is 5.26 Å². The van der Waals surface area contributed by atoms with Crippen LogP contribution in [0, 0.1) is 11.3 Å². The van der Waals surface area contributed by atoms with E-state index >= 15 is 0 Å². The zero-order valence-electron chi connectivity index (χ0n) is 15.5. The maximum absolute atomic E-state index is 12.4. The van der Waals surface area contributed by atoms with Gasteiger partial charge in [0.05, 0.1) is 18.7 Å². The number of carbonyl (C=O) groups is 1. The van der Waals surface area contributed by atoms with E-state index in [0.717, 1.165) is 30.9 Å². The first-order valence-electron chi connectivity index (χ1n) is 9.05. The highest BCUT2D eigenvalue weighted by atomic mass is 16.5. The molecule has 1 saturated heterocycles. The van der Waals surface area contributed by atoms with Gasteiger partial charge in [0, 0.05) is 39.3 Å². The van der Waals surface area contributed by atoms with Crippen LogP contribution in [0.25, 0.3) is 0 Å². The van der Waals surface area contributed by atoms with Crippen LogP contribution in [0.4, 0.5) is 4.79 Å². The van der Waals surface area contributed by atoms with E-state index in [-0.39, 0.29) is 6.03 Å². The molecule has 1 heterocycles. The highest BCUT2D eigenvalue weighted by molar-refractivity contribution is 5.74. The number of nitriles is 1. The maximum Gasteiger partial charge on any atom is 0.317 e. The number of nitrogens with zero attached hydrogens (tertiary/aromatic N) is 3. The normalized spacial score (nSPS) is 14.4. The fraction of sp³-hybridized carbons (Fsp3) is 0.333. The summed E-state index contributed by atoms with van der Waals surface area (Å²) in [5.41, 5.74) is 2.88. The lowest BCUT2D eigenvalue weighted by Gasteiger charge is -2.34. The van der Waals surface area contributed by atoms with Crippen molar-refractivity contribution in [1.82, 2.24) is 15.1 Å². The quantitative estimate of drug-likeness (QED) is 0.885. The van der Waals surface area contributed by atoms with Crippen molar-refractivity contribution in [2.45, 2.75) is 13.1 Å². The molecule has 0 bridgehead atoms. The van der Waals surface area contributed by atoms with Gasteiger partial charge in [0.25, 0.3) is 0 Å². The minimum Gasteiger partial charge on any atom is -0.497 e. The molecule has 140 valence electrons. The molecule has 1 aliphatic rings. The Kier molecular flexibility index (Phi) is 6.29. The number of methoxy groups -OCH3 is 1. The van der Waals surface area contributed by atoms with E-state index in [1.165, 1.54) is 5.56 Å². The molecule has 0 unspecified atom stereocenters. The molecule has 2 amide bonds. The third-order valence-electron chi connectivity index (χ3n) is 4.73. The van der Waals surface area contributed by atoms with Crippen LogP contribution in [-0.4, -0.2) is 49.1 Å². The number of urea groups is 1. The van der Waals surface area contributed by atoms with E-state index in [2.05, 4.69) is 16.3 Å². The largest absolute Gasteiger partial charge is 0.497 e. The Bertz CT molecular complexity index is 806. The molecule has 2 aromatic rings. The number of rotatable bonds is 5. The Morgan fingerprint density at radius 2 is 1.85 bits per heavy atom. The van der Waals surface area contributed by atoms with Crippen molar-refractivity contribution in [3.8, 4) is 11.8 Å². The van der Waals surface area contributed by atoms with E-state index in [0.29, 0.717) is 25.2 Å². The van der Waals surface area contributed by atoms with E-state index in [1.54, 1.807) is 7.11 Å². The van der Waals surface area contributed by atoms with Gasteiger partial charge in [-0.25, -0.2) is 4.79 Å². The number of amides is 2. The number of ether oxygens (including phenoxy) is 1. The van der Waals surface area contributed by atoms with E-state index in [4.69, 9.17) is 10.00 Å². The van der Waals surface area contributed by atoms with Gasteiger partial charge in [0.2, 0.25) is 0 Å². The number of hydrogen-bond acceptors (Lipinski definition) is 4. The number of benzene rings is 2. The van der Waals surface area contributed by atoms with Crippen LogP contribution in [0.15, 0.2) is 48.5 Å². The molecule has 6 nitrogen and oxygen atoms in total. The Hall–Kier alpha value is -3.04. The highest BCUT2D eigenvalue weighted by Crippen LogP contribution is 2.13. The molecule has 2 aromatic carbocycles. The minimum atomic E-state index is -0.0316. The van der Waals surface area contributed by atoms with E-state index in [9.17, 15) is 4.79 Å². The molecule has 0 aliphatic carbocycles. The standard InChI is InChI=1S/C21H24N4O2/c1-27-20-4-2-3-19(13-20)15-23-21(26)25-11-9-24(10-12-25)16-18-7-5-17(14-22)6-8-18/h2-8,13H,9-12,15-16H2,1H3,(H,23,26). The van der Waals surface area contributed by atoms with Crippen LogP contribution in [0.1, 0.15) is 16.7 Å². The summed E-state index contributed by atoms with van der Waals surface area (Å²) in [4.78, 5) is 16.6. The summed E-state index contributed by atoms with van der Waals surface area (Å²) in [5.74, 6) is 0.790. The highest BCUT2D eigenvalue weighted by Gasteiger charge is 2.20. The van der Waals surface area contributed by atoms with Gasteiger partial charge in [0.1, 0.15) is 5.75 Å². The number of nitrogens with one attached hydrogen (secondary N) is 1. The molecule has 1 fully saturated rings. The molecule has 1 aliphatic heterocycles. The summed E-state index contributed by atoms with van der Waals surface area (Å²) in [7, 11) is 1.63. The Morgan fingerprint density at radius 1 is 1.11 bits per heavy atom. The average molecular weight is 364 g/mol. The first-order valence-corrected chi connectivity index (χ1v) is 9.05. The SMILES string of the molecule is COc1cccc(CNC(=O)N2CCN(Cc3ccc(C#N)cc3)CC2)c1. The van der Waals surface area contributed by atoms with Crippen molar-refractivity contribution < 1.29 is 9.53 Å². The van der Waals surface area contributed by atoms with Crippen LogP contribution in [0.2, 0.25) is 0 Å². The summed E-state index contributed by atoms with van der Waals surface area (Å²) < 4.78 is 5.21. The first kappa shape index (κ1) is 18.7. The topological polar surface area (TPSA) is 68.6 Å². The zero-order chi connectivity index (χ0) is 19.1. The molecule has 0 radical (unpaired) electrons. The Balaban J connectivity index is 1.43. The lowest BCUT2D eigenvalue weighted by Crippen LogP contribution is -2.51. The fourth-order valence-corrected chi connectivity index (χ4v) is 3.12. The van der Waals surface area contributed by atoms with Gasteiger partial charge in [0.15, 0.2) is 0 Å². The predicted octanol–water partition coefficient (Wildman–Crippen LogP) is 2.59. The third-order valence-corrected chi connectivity index (χ3v) is 4.73. The minimum absolute atomic E-state index is 0.0316. The lowest BCUT2D eigenvalue weighted by molar-refractivity contribution is 0.135. The van der Waals surface area contributed by atoms with Crippen molar-refractivity contribution in [2.24, 2.45) is 0 Å². The molecule has 3 rings (SSSR count). The second-order valence-electron chi connectivity index (χ2n) is 6.58. The zero-order valence-corrected chi connectivity index (χ0v) is 15.5. The van der Waals surface area contributed by atoms with Crippen molar-refractivity contribution in [2.75, 3.05) is 33.3 Å². The number of hydrogen-bond donors (Lipinski definition) is 1. The van der Waals surface area contributed by atoms with Gasteiger partial charge in [-0.15, -0.1) is 0 Å². The molecule has 0 aromatic heterocycles. The summed E-state index contributed by atoms with van der Waals surface area (Å²) in [6, 6.07) is 17.5. The molecule has 0 atom stereocenters. The van der Waals surface area contributed by atoms with Crippen LogP contribution in [0.3, 0.4) is 0 Å². The summed E-state index contributed by atoms with van der Waals surface area (Å²) in [5, 5.41) is 11.8. The fourth-order valence-electron chi connectivity index (χ4n) is 3.12. The van der Waals surface area contributed by atoms with Gasteiger partial charge in [-0.1, -0.05) is 24.3 Å². The lowest BCUT2D eigenvalue weighted by atomic mass is 10.1. The third kappa shape index (κ3) is 5.22. The van der Waals surface area contributed by atoms with Gasteiger partial charge in [-0.3, -0.25) is 4.90 Å². The summed E-state index contributed by atoms with van der Waals surface area (Å²) in [6.45, 7) is 4.42. The number of carbonyl (C=O) groups excluding carboxylic acids is 1. The van der Waals surface area contributed by atoms with Crippen LogP contribution in [-0.2, 0) is 13.1 Å². The van der Waals surface area contributed by atoms with Crippen molar-refractivity contribution in [3.05, 3.63) is 65.2 Å². The van der Waals surface area contributed by atoms with Crippen molar-refractivity contribution in [3.63, 3.8) is 0 Å². The second kappa shape index (κ2) is 9.06. The van der Waals surface area contributed by atoms with E-state index in [1.807, 2.05) is 53.4 Å². The van der Waals surface area contributed by atoms with E-state index < -0.39 is 0 Å². The predicted molar refractivity (Wildman–Crippen MR) is 103 cm³/mol. The average Bonchev–Trinajstić information content (AvgIpc) is 2.73. The molecule has 0 spiro atoms. The number of piperazine rings is 1. The monoisotopic (exact) mass is 364 g/mol. The summed E-state index contributed by atoms with van der Waals surface area (Å²) >= 11 is 0. The van der Waals surface area contributed by atoms with Crippen LogP contribution >= 0.6 is 0 Å². The first-order chi connectivity index (χ1) is 13.2. The van der Waals surface area contributed by atoms with Crippen molar-refractivity contribution in [1.29, 1.82) is 5.26 Å². The molecular weight excluding hydrogens is 340 g/mol. The Morgan fingerprint density at radius 3 is 2.52 bits per heavy atom. The molecule has 1 N–H and O–H groups in total. The summed E-state index contributed by atoms with van der Waals surface area (Å²) in [6.07, 6.45) is 0. The Labute approximate surface area is 160 Å². The smallest absolute Gasteiger partial charge is 0.317 e. The molecular formula is C21H24N4O2. The molecule has 27 heavy (non-hydrogen) atoms. The van der Waals surface area contributed by atoms with Crippen LogP contribution < -0.4 is 10.1 Å². The van der Waals surface area contributed by atoms with Gasteiger partial charge in [-0.05, 0) is 35.4 Å². The van der Waals surface area contributed by atoms with Crippen molar-refractivity contribution >= 4 is 6.03 Å². The second-order valence-corrected chi connectivity index (χ2v) is 6.58. The van der Waals surface area contributed by atoms with Gasteiger partial charge < -0.3 is 15.0 Å². The van der Waals surface area contributed by atoms with Crippen LogP contribution in [0.5, 0.6) is 5.75 Å². The molecule has 6 heteroatoms. The molecule has 0 saturated carbocycles. The van der Waals surface area contributed by atoms with Gasteiger partial charge >= 0.3 is 6.03 Å².